The van der Waals surface area contributed by atoms with Gasteiger partial charge in [-0.1, -0.05) is 31.2 Å². The smallest absolute Gasteiger partial charge is 0.122 e. The molecule has 0 radical (unpaired) electrons. The standard InChI is InChI=1S/C14H21N3/c1-11-6-8-17(9-7-11)10-12-2-4-13(5-3-12)14(15)16/h2-5,11H,6-10H2,1H3,(H3,15,16). The lowest BCUT2D eigenvalue weighted by Gasteiger charge is -2.30. The van der Waals surface area contributed by atoms with E-state index in [2.05, 4.69) is 24.0 Å². The van der Waals surface area contributed by atoms with Gasteiger partial charge in [-0.2, -0.15) is 0 Å². The van der Waals surface area contributed by atoms with Crippen molar-refractivity contribution >= 4 is 5.84 Å². The molecule has 0 unspecified atom stereocenters. The molecule has 0 aromatic heterocycles. The van der Waals surface area contributed by atoms with Crippen molar-refractivity contribution in [2.45, 2.75) is 26.3 Å². The van der Waals surface area contributed by atoms with E-state index in [4.69, 9.17) is 11.1 Å². The Bertz CT molecular complexity index is 375. The maximum absolute atomic E-state index is 7.35. The number of piperidine rings is 1. The van der Waals surface area contributed by atoms with Crippen LogP contribution >= 0.6 is 0 Å². The van der Waals surface area contributed by atoms with Crippen LogP contribution in [-0.2, 0) is 6.54 Å². The lowest BCUT2D eigenvalue weighted by atomic mass is 9.99. The largest absolute Gasteiger partial charge is 0.384 e. The van der Waals surface area contributed by atoms with Crippen molar-refractivity contribution < 1.29 is 0 Å². The number of benzene rings is 1. The fraction of sp³-hybridized carbons (Fsp3) is 0.500. The molecule has 3 heteroatoms. The number of nitrogen functional groups attached to an aromatic ring is 1. The van der Waals surface area contributed by atoms with Gasteiger partial charge in [-0.05, 0) is 37.4 Å². The first-order valence-corrected chi connectivity index (χ1v) is 6.31. The zero-order valence-corrected chi connectivity index (χ0v) is 10.4. The number of nitrogens with two attached hydrogens (primary N) is 1. The third-order valence-electron chi connectivity index (χ3n) is 3.55. The Hall–Kier alpha value is -1.35. The molecular formula is C14H21N3. The molecule has 1 aliphatic heterocycles. The average Bonchev–Trinajstić information content (AvgIpc) is 2.33. The summed E-state index contributed by atoms with van der Waals surface area (Å²) in [7, 11) is 0. The molecule has 17 heavy (non-hydrogen) atoms. The molecule has 0 saturated carbocycles. The van der Waals surface area contributed by atoms with Crippen molar-refractivity contribution in [3.8, 4) is 0 Å². The number of likely N-dealkylation sites (tertiary alicyclic amines) is 1. The van der Waals surface area contributed by atoms with Gasteiger partial charge in [0.2, 0.25) is 0 Å². The minimum absolute atomic E-state index is 0.142. The van der Waals surface area contributed by atoms with E-state index in [9.17, 15) is 0 Å². The lowest BCUT2D eigenvalue weighted by molar-refractivity contribution is 0.185. The van der Waals surface area contributed by atoms with Crippen molar-refractivity contribution in [3.05, 3.63) is 35.4 Å². The highest BCUT2D eigenvalue weighted by atomic mass is 15.1. The van der Waals surface area contributed by atoms with Gasteiger partial charge in [0.05, 0.1) is 0 Å². The first kappa shape index (κ1) is 12.1. The number of nitrogens with zero attached hydrogens (tertiary/aromatic N) is 1. The van der Waals surface area contributed by atoms with E-state index in [1.165, 1.54) is 31.5 Å². The molecule has 1 saturated heterocycles. The van der Waals surface area contributed by atoms with E-state index in [0.717, 1.165) is 18.0 Å². The van der Waals surface area contributed by atoms with Crippen molar-refractivity contribution in [2.24, 2.45) is 11.7 Å². The molecule has 3 nitrogen and oxygen atoms in total. The van der Waals surface area contributed by atoms with E-state index in [1.807, 2.05) is 12.1 Å². The molecule has 0 bridgehead atoms. The molecule has 3 N–H and O–H groups in total. The van der Waals surface area contributed by atoms with Gasteiger partial charge in [-0.15, -0.1) is 0 Å². The van der Waals surface area contributed by atoms with Crippen molar-refractivity contribution in [3.63, 3.8) is 0 Å². The summed E-state index contributed by atoms with van der Waals surface area (Å²) in [6, 6.07) is 8.03. The highest BCUT2D eigenvalue weighted by molar-refractivity contribution is 5.94. The van der Waals surface area contributed by atoms with Crippen molar-refractivity contribution in [1.82, 2.24) is 4.90 Å². The van der Waals surface area contributed by atoms with E-state index in [-0.39, 0.29) is 5.84 Å². The van der Waals surface area contributed by atoms with Crippen LogP contribution in [0.3, 0.4) is 0 Å². The van der Waals surface area contributed by atoms with E-state index in [1.54, 1.807) is 0 Å². The second kappa shape index (κ2) is 5.32. The number of hydrogen-bond acceptors (Lipinski definition) is 2. The minimum Gasteiger partial charge on any atom is -0.384 e. The first-order valence-electron chi connectivity index (χ1n) is 6.31. The zero-order valence-electron chi connectivity index (χ0n) is 10.4. The molecule has 1 fully saturated rings. The van der Waals surface area contributed by atoms with E-state index < -0.39 is 0 Å². The highest BCUT2D eigenvalue weighted by Gasteiger charge is 2.15. The number of hydrogen-bond donors (Lipinski definition) is 2. The van der Waals surface area contributed by atoms with Crippen molar-refractivity contribution in [1.29, 1.82) is 5.41 Å². The van der Waals surface area contributed by atoms with Crippen LogP contribution in [0.15, 0.2) is 24.3 Å². The Morgan fingerprint density at radius 1 is 1.29 bits per heavy atom. The fourth-order valence-electron chi connectivity index (χ4n) is 2.27. The fourth-order valence-corrected chi connectivity index (χ4v) is 2.27. The molecule has 2 rings (SSSR count). The Morgan fingerprint density at radius 2 is 1.88 bits per heavy atom. The van der Waals surface area contributed by atoms with Gasteiger partial charge in [-0.25, -0.2) is 0 Å². The molecule has 1 aromatic rings. The Labute approximate surface area is 103 Å². The summed E-state index contributed by atoms with van der Waals surface area (Å²) < 4.78 is 0. The van der Waals surface area contributed by atoms with Crippen LogP contribution in [0.1, 0.15) is 30.9 Å². The number of rotatable bonds is 3. The van der Waals surface area contributed by atoms with Crippen LogP contribution in [0, 0.1) is 11.3 Å². The van der Waals surface area contributed by atoms with E-state index >= 15 is 0 Å². The van der Waals surface area contributed by atoms with Gasteiger partial charge >= 0.3 is 0 Å². The van der Waals surface area contributed by atoms with Gasteiger partial charge in [0.15, 0.2) is 0 Å². The third-order valence-corrected chi connectivity index (χ3v) is 3.55. The highest BCUT2D eigenvalue weighted by Crippen LogP contribution is 2.18. The predicted molar refractivity (Wildman–Crippen MR) is 71.1 cm³/mol. The summed E-state index contributed by atoms with van der Waals surface area (Å²) in [5.41, 5.74) is 7.55. The molecule has 0 atom stereocenters. The molecule has 1 aromatic carbocycles. The summed E-state index contributed by atoms with van der Waals surface area (Å²) in [6.45, 7) is 5.76. The minimum atomic E-state index is 0.142. The predicted octanol–water partition coefficient (Wildman–Crippen LogP) is 2.20. The topological polar surface area (TPSA) is 53.1 Å². The first-order chi connectivity index (χ1) is 8.15. The average molecular weight is 231 g/mol. The lowest BCUT2D eigenvalue weighted by Crippen LogP contribution is -2.32. The Kier molecular flexibility index (Phi) is 3.79. The number of amidine groups is 1. The van der Waals surface area contributed by atoms with Crippen LogP contribution in [0.4, 0.5) is 0 Å². The van der Waals surface area contributed by atoms with Crippen LogP contribution in [-0.4, -0.2) is 23.8 Å². The Morgan fingerprint density at radius 3 is 2.41 bits per heavy atom. The maximum atomic E-state index is 7.35. The molecule has 0 amide bonds. The van der Waals surface area contributed by atoms with Gasteiger partial charge in [0, 0.05) is 12.1 Å². The number of nitrogens with one attached hydrogen (secondary N) is 1. The third kappa shape index (κ3) is 3.30. The van der Waals surface area contributed by atoms with Crippen LogP contribution in [0.5, 0.6) is 0 Å². The Balaban J connectivity index is 1.92. The zero-order chi connectivity index (χ0) is 12.3. The second-order valence-electron chi connectivity index (χ2n) is 5.07. The quantitative estimate of drug-likeness (QED) is 0.619. The molecule has 1 aliphatic rings. The summed E-state index contributed by atoms with van der Waals surface area (Å²) in [6.07, 6.45) is 2.62. The van der Waals surface area contributed by atoms with Gasteiger partial charge in [-0.3, -0.25) is 10.3 Å². The molecule has 0 aliphatic carbocycles. The molecule has 1 heterocycles. The van der Waals surface area contributed by atoms with Gasteiger partial charge in [0.1, 0.15) is 5.84 Å². The second-order valence-corrected chi connectivity index (χ2v) is 5.07. The SMILES string of the molecule is CC1CCN(Cc2ccc(C(=N)N)cc2)CC1. The maximum Gasteiger partial charge on any atom is 0.122 e. The molecular weight excluding hydrogens is 210 g/mol. The summed E-state index contributed by atoms with van der Waals surface area (Å²) in [4.78, 5) is 2.50. The van der Waals surface area contributed by atoms with Gasteiger partial charge < -0.3 is 5.73 Å². The van der Waals surface area contributed by atoms with E-state index in [0.29, 0.717) is 0 Å². The van der Waals surface area contributed by atoms with Crippen LogP contribution in [0.2, 0.25) is 0 Å². The van der Waals surface area contributed by atoms with Crippen LogP contribution < -0.4 is 5.73 Å². The monoisotopic (exact) mass is 231 g/mol. The normalized spacial score (nSPS) is 18.2. The molecule has 92 valence electrons. The summed E-state index contributed by atoms with van der Waals surface area (Å²) in [5, 5.41) is 7.35. The summed E-state index contributed by atoms with van der Waals surface area (Å²) >= 11 is 0. The van der Waals surface area contributed by atoms with Crippen LogP contribution in [0.25, 0.3) is 0 Å². The molecule has 0 spiro atoms. The van der Waals surface area contributed by atoms with Gasteiger partial charge in [0.25, 0.3) is 0 Å². The van der Waals surface area contributed by atoms with Crippen molar-refractivity contribution in [2.75, 3.05) is 13.1 Å². The summed E-state index contributed by atoms with van der Waals surface area (Å²) in [5.74, 6) is 1.02.